The first kappa shape index (κ1) is 15.3. The van der Waals surface area contributed by atoms with Gasteiger partial charge in [-0.15, -0.1) is 0 Å². The van der Waals surface area contributed by atoms with Crippen LogP contribution in [0.2, 0.25) is 0 Å². The summed E-state index contributed by atoms with van der Waals surface area (Å²) in [6.07, 6.45) is 0.544. The summed E-state index contributed by atoms with van der Waals surface area (Å²) in [5, 5.41) is 13.1. The molecule has 7 nitrogen and oxygen atoms in total. The summed E-state index contributed by atoms with van der Waals surface area (Å²) in [6, 6.07) is 1.56. The highest BCUT2D eigenvalue weighted by atomic mass is 32.2. The van der Waals surface area contributed by atoms with E-state index in [1.807, 2.05) is 0 Å². The molecule has 0 aliphatic carbocycles. The van der Waals surface area contributed by atoms with Crippen molar-refractivity contribution in [2.75, 3.05) is 18.9 Å². The number of anilines is 1. The molecule has 106 valence electrons. The fourth-order valence-corrected chi connectivity index (χ4v) is 2.84. The average Bonchev–Trinajstić information content (AvgIpc) is 2.34. The van der Waals surface area contributed by atoms with Crippen LogP contribution in [0.3, 0.4) is 0 Å². The molecule has 0 amide bonds. The second-order valence-electron chi connectivity index (χ2n) is 3.71. The maximum atomic E-state index is 13.8. The van der Waals surface area contributed by atoms with E-state index in [-0.39, 0.29) is 12.2 Å². The summed E-state index contributed by atoms with van der Waals surface area (Å²) in [7, 11) is -2.69. The van der Waals surface area contributed by atoms with E-state index in [2.05, 4.69) is 10.0 Å². The molecule has 0 fully saturated rings. The van der Waals surface area contributed by atoms with Gasteiger partial charge in [0.2, 0.25) is 10.0 Å². The van der Waals surface area contributed by atoms with E-state index in [9.17, 15) is 22.9 Å². The van der Waals surface area contributed by atoms with Crippen molar-refractivity contribution in [1.29, 1.82) is 0 Å². The van der Waals surface area contributed by atoms with Gasteiger partial charge in [0, 0.05) is 19.7 Å². The highest BCUT2D eigenvalue weighted by molar-refractivity contribution is 7.89. The van der Waals surface area contributed by atoms with Crippen molar-refractivity contribution < 1.29 is 17.7 Å². The Labute approximate surface area is 110 Å². The van der Waals surface area contributed by atoms with Gasteiger partial charge in [-0.05, 0) is 6.42 Å². The Kier molecular flexibility index (Phi) is 4.78. The number of rotatable bonds is 6. The molecule has 0 bridgehead atoms. The van der Waals surface area contributed by atoms with E-state index in [1.54, 1.807) is 6.92 Å². The first-order chi connectivity index (χ1) is 8.83. The minimum absolute atomic E-state index is 0.155. The Hall–Kier alpha value is -1.74. The van der Waals surface area contributed by atoms with Crippen molar-refractivity contribution in [2.45, 2.75) is 18.2 Å². The molecule has 0 saturated heterocycles. The zero-order valence-corrected chi connectivity index (χ0v) is 11.3. The Morgan fingerprint density at radius 3 is 2.53 bits per heavy atom. The van der Waals surface area contributed by atoms with Crippen LogP contribution in [0.4, 0.5) is 15.8 Å². The Morgan fingerprint density at radius 1 is 1.42 bits per heavy atom. The number of halogens is 1. The van der Waals surface area contributed by atoms with Crippen molar-refractivity contribution in [3.8, 4) is 0 Å². The highest BCUT2D eigenvalue weighted by Crippen LogP contribution is 2.29. The van der Waals surface area contributed by atoms with Crippen LogP contribution in [0.1, 0.15) is 13.3 Å². The number of nitrogens with zero attached hydrogens (tertiary/aromatic N) is 1. The van der Waals surface area contributed by atoms with Crippen LogP contribution < -0.4 is 10.0 Å². The van der Waals surface area contributed by atoms with Crippen LogP contribution in [-0.4, -0.2) is 26.9 Å². The number of nitrogens with one attached hydrogen (secondary N) is 2. The normalized spacial score (nSPS) is 11.3. The summed E-state index contributed by atoms with van der Waals surface area (Å²) < 4.78 is 39.9. The SMILES string of the molecule is CCCNS(=O)(=O)c1c(F)cc([N+](=O)[O-])cc1NC. The maximum absolute atomic E-state index is 13.8. The Morgan fingerprint density at radius 2 is 2.05 bits per heavy atom. The second-order valence-corrected chi connectivity index (χ2v) is 5.41. The van der Waals surface area contributed by atoms with Gasteiger partial charge in [0.15, 0.2) is 5.82 Å². The van der Waals surface area contributed by atoms with Gasteiger partial charge in [0.05, 0.1) is 16.7 Å². The van der Waals surface area contributed by atoms with E-state index >= 15 is 0 Å². The molecule has 0 radical (unpaired) electrons. The van der Waals surface area contributed by atoms with Crippen LogP contribution >= 0.6 is 0 Å². The number of non-ortho nitro benzene ring substituents is 1. The van der Waals surface area contributed by atoms with Crippen LogP contribution in [-0.2, 0) is 10.0 Å². The van der Waals surface area contributed by atoms with E-state index < -0.39 is 31.3 Å². The van der Waals surface area contributed by atoms with Gasteiger partial charge in [0.1, 0.15) is 4.90 Å². The molecule has 0 atom stereocenters. The highest BCUT2D eigenvalue weighted by Gasteiger charge is 2.26. The van der Waals surface area contributed by atoms with Gasteiger partial charge in [-0.25, -0.2) is 17.5 Å². The number of hydrogen-bond donors (Lipinski definition) is 2. The van der Waals surface area contributed by atoms with E-state index in [0.717, 1.165) is 6.07 Å². The molecule has 0 aliphatic heterocycles. The average molecular weight is 291 g/mol. The summed E-state index contributed by atoms with van der Waals surface area (Å²) >= 11 is 0. The Bertz CT molecular complexity index is 589. The van der Waals surface area contributed by atoms with Gasteiger partial charge < -0.3 is 5.32 Å². The van der Waals surface area contributed by atoms with Crippen molar-refractivity contribution in [2.24, 2.45) is 0 Å². The van der Waals surface area contributed by atoms with E-state index in [0.29, 0.717) is 12.5 Å². The molecule has 0 aliphatic rings. The standard InChI is InChI=1S/C10H14FN3O4S/c1-3-4-13-19(17,18)10-8(11)5-7(14(15)16)6-9(10)12-2/h5-6,12-13H,3-4H2,1-2H3. The number of hydrogen-bond acceptors (Lipinski definition) is 5. The lowest BCUT2D eigenvalue weighted by atomic mass is 10.2. The van der Waals surface area contributed by atoms with Gasteiger partial charge in [-0.3, -0.25) is 10.1 Å². The van der Waals surface area contributed by atoms with E-state index in [1.165, 1.54) is 7.05 Å². The van der Waals surface area contributed by atoms with Crippen LogP contribution in [0.25, 0.3) is 0 Å². The number of nitro groups is 1. The molecule has 1 rings (SSSR count). The van der Waals surface area contributed by atoms with Crippen LogP contribution in [0.15, 0.2) is 17.0 Å². The molecule has 1 aromatic rings. The molecule has 0 aromatic heterocycles. The monoisotopic (exact) mass is 291 g/mol. The third-order valence-electron chi connectivity index (χ3n) is 2.32. The summed E-state index contributed by atoms with van der Waals surface area (Å²) in [6.45, 7) is 1.91. The lowest BCUT2D eigenvalue weighted by Crippen LogP contribution is -2.26. The number of benzene rings is 1. The number of sulfonamides is 1. The smallest absolute Gasteiger partial charge is 0.274 e. The Balaban J connectivity index is 3.39. The molecule has 0 heterocycles. The zero-order valence-electron chi connectivity index (χ0n) is 10.4. The second kappa shape index (κ2) is 5.93. The lowest BCUT2D eigenvalue weighted by molar-refractivity contribution is -0.385. The molecule has 9 heteroatoms. The first-order valence-electron chi connectivity index (χ1n) is 5.48. The van der Waals surface area contributed by atoms with Crippen molar-refractivity contribution in [3.05, 3.63) is 28.1 Å². The molecule has 19 heavy (non-hydrogen) atoms. The van der Waals surface area contributed by atoms with Crippen molar-refractivity contribution in [3.63, 3.8) is 0 Å². The quantitative estimate of drug-likeness (QED) is 0.610. The third kappa shape index (κ3) is 3.38. The molecule has 0 spiro atoms. The third-order valence-corrected chi connectivity index (χ3v) is 3.86. The van der Waals surface area contributed by atoms with Crippen LogP contribution in [0, 0.1) is 15.9 Å². The fraction of sp³-hybridized carbons (Fsp3) is 0.400. The first-order valence-corrected chi connectivity index (χ1v) is 6.97. The van der Waals surface area contributed by atoms with Crippen molar-refractivity contribution in [1.82, 2.24) is 4.72 Å². The maximum Gasteiger partial charge on any atom is 0.274 e. The zero-order chi connectivity index (χ0) is 14.6. The summed E-state index contributed by atoms with van der Waals surface area (Å²) in [5.74, 6) is -1.16. The van der Waals surface area contributed by atoms with Crippen molar-refractivity contribution >= 4 is 21.4 Å². The van der Waals surface area contributed by atoms with Crippen LogP contribution in [0.5, 0.6) is 0 Å². The minimum atomic E-state index is -4.05. The van der Waals surface area contributed by atoms with Gasteiger partial charge in [-0.1, -0.05) is 6.92 Å². The predicted octanol–water partition coefficient (Wildman–Crippen LogP) is 1.46. The number of nitro benzene ring substituents is 1. The van der Waals surface area contributed by atoms with Gasteiger partial charge in [0.25, 0.3) is 5.69 Å². The minimum Gasteiger partial charge on any atom is -0.387 e. The molecular weight excluding hydrogens is 277 g/mol. The van der Waals surface area contributed by atoms with Gasteiger partial charge >= 0.3 is 0 Å². The predicted molar refractivity (Wildman–Crippen MR) is 68.1 cm³/mol. The topological polar surface area (TPSA) is 101 Å². The summed E-state index contributed by atoms with van der Waals surface area (Å²) in [5.41, 5.74) is -0.674. The summed E-state index contributed by atoms with van der Waals surface area (Å²) in [4.78, 5) is 9.19. The largest absolute Gasteiger partial charge is 0.387 e. The molecule has 0 saturated carbocycles. The van der Waals surface area contributed by atoms with E-state index in [4.69, 9.17) is 0 Å². The molecule has 0 unspecified atom stereocenters. The fourth-order valence-electron chi connectivity index (χ4n) is 1.45. The lowest BCUT2D eigenvalue weighted by Gasteiger charge is -2.11. The molecule has 1 aromatic carbocycles. The van der Waals surface area contributed by atoms with Gasteiger partial charge in [-0.2, -0.15) is 0 Å². The molecule has 2 N–H and O–H groups in total. The molecular formula is C10H14FN3O4S.